The largest absolute Gasteiger partial charge is 0.351 e. The smallest absolute Gasteiger partial charge is 0.234 e. The Morgan fingerprint density at radius 1 is 1.22 bits per heavy atom. The van der Waals surface area contributed by atoms with Crippen LogP contribution in [-0.2, 0) is 11.3 Å². The van der Waals surface area contributed by atoms with Crippen molar-refractivity contribution in [3.8, 4) is 0 Å². The minimum Gasteiger partial charge on any atom is -0.351 e. The van der Waals surface area contributed by atoms with Gasteiger partial charge in [0.2, 0.25) is 5.91 Å². The summed E-state index contributed by atoms with van der Waals surface area (Å²) in [5, 5.41) is 6.02. The van der Waals surface area contributed by atoms with Crippen LogP contribution in [0.1, 0.15) is 12.0 Å². The molecule has 0 aliphatic heterocycles. The molecular weight excluding hydrogens is 226 g/mol. The van der Waals surface area contributed by atoms with Gasteiger partial charge in [-0.3, -0.25) is 4.79 Å². The maximum atomic E-state index is 11.5. The van der Waals surface area contributed by atoms with Crippen molar-refractivity contribution in [2.45, 2.75) is 13.0 Å². The number of benzene rings is 1. The summed E-state index contributed by atoms with van der Waals surface area (Å²) in [4.78, 5) is 13.7. The molecule has 4 heteroatoms. The van der Waals surface area contributed by atoms with Gasteiger partial charge in [-0.25, -0.2) is 0 Å². The van der Waals surface area contributed by atoms with Gasteiger partial charge in [0.25, 0.3) is 0 Å². The molecule has 2 N–H and O–H groups in total. The number of amides is 1. The highest BCUT2D eigenvalue weighted by Gasteiger charge is 2.00. The molecule has 0 radical (unpaired) electrons. The van der Waals surface area contributed by atoms with E-state index in [2.05, 4.69) is 15.5 Å². The minimum absolute atomic E-state index is 0.0451. The molecule has 0 aliphatic carbocycles. The Bertz CT molecular complexity index is 338. The number of nitrogens with one attached hydrogen (secondary N) is 2. The summed E-state index contributed by atoms with van der Waals surface area (Å²) >= 11 is 0. The molecule has 1 amide bonds. The summed E-state index contributed by atoms with van der Waals surface area (Å²) in [5.74, 6) is 0.0451. The van der Waals surface area contributed by atoms with Gasteiger partial charge in [-0.15, -0.1) is 0 Å². The number of carbonyl (C=O) groups excluding carboxylic acids is 1. The minimum atomic E-state index is 0.0451. The molecule has 1 rings (SSSR count). The first kappa shape index (κ1) is 14.7. The molecule has 0 heterocycles. The topological polar surface area (TPSA) is 44.4 Å². The SMILES string of the molecule is CN(C)CCCNCC(=O)NCc1ccccc1. The van der Waals surface area contributed by atoms with E-state index in [0.29, 0.717) is 13.1 Å². The van der Waals surface area contributed by atoms with Crippen molar-refractivity contribution < 1.29 is 4.79 Å². The molecule has 0 aromatic heterocycles. The Labute approximate surface area is 109 Å². The van der Waals surface area contributed by atoms with Crippen LogP contribution in [-0.4, -0.2) is 44.5 Å². The molecule has 1 aromatic rings. The second kappa shape index (κ2) is 8.66. The van der Waals surface area contributed by atoms with Crippen molar-refractivity contribution in [1.82, 2.24) is 15.5 Å². The van der Waals surface area contributed by atoms with E-state index in [-0.39, 0.29) is 5.91 Å². The summed E-state index contributed by atoms with van der Waals surface area (Å²) in [6, 6.07) is 9.93. The van der Waals surface area contributed by atoms with Gasteiger partial charge in [0.15, 0.2) is 0 Å². The van der Waals surface area contributed by atoms with Crippen molar-refractivity contribution in [1.29, 1.82) is 0 Å². The number of nitrogens with zero attached hydrogens (tertiary/aromatic N) is 1. The molecule has 18 heavy (non-hydrogen) atoms. The van der Waals surface area contributed by atoms with Gasteiger partial charge in [0.1, 0.15) is 0 Å². The Kier molecular flexibility index (Phi) is 7.06. The number of carbonyl (C=O) groups is 1. The molecule has 0 spiro atoms. The first-order valence-electron chi connectivity index (χ1n) is 6.34. The van der Waals surface area contributed by atoms with Crippen LogP contribution in [0.15, 0.2) is 30.3 Å². The molecule has 4 nitrogen and oxygen atoms in total. The second-order valence-electron chi connectivity index (χ2n) is 4.60. The van der Waals surface area contributed by atoms with E-state index < -0.39 is 0 Å². The molecule has 0 unspecified atom stereocenters. The number of hydrogen-bond donors (Lipinski definition) is 2. The molecule has 0 fully saturated rings. The zero-order valence-corrected chi connectivity index (χ0v) is 11.3. The molecular formula is C14H23N3O. The standard InChI is InChI=1S/C14H23N3O/c1-17(2)10-6-9-15-12-14(18)16-11-13-7-4-3-5-8-13/h3-5,7-8,15H,6,9-12H2,1-2H3,(H,16,18). The first-order chi connectivity index (χ1) is 8.68. The van der Waals surface area contributed by atoms with Crippen LogP contribution in [0.3, 0.4) is 0 Å². The fourth-order valence-electron chi connectivity index (χ4n) is 1.58. The van der Waals surface area contributed by atoms with Gasteiger partial charge < -0.3 is 15.5 Å². The summed E-state index contributed by atoms with van der Waals surface area (Å²) in [6.45, 7) is 2.90. The van der Waals surface area contributed by atoms with Crippen LogP contribution in [0.2, 0.25) is 0 Å². The maximum absolute atomic E-state index is 11.5. The molecule has 100 valence electrons. The van der Waals surface area contributed by atoms with Gasteiger partial charge in [0, 0.05) is 6.54 Å². The highest BCUT2D eigenvalue weighted by molar-refractivity contribution is 5.77. The maximum Gasteiger partial charge on any atom is 0.234 e. The Balaban J connectivity index is 2.04. The van der Waals surface area contributed by atoms with Crippen molar-refractivity contribution in [2.24, 2.45) is 0 Å². The predicted molar refractivity (Wildman–Crippen MR) is 74.3 cm³/mol. The fourth-order valence-corrected chi connectivity index (χ4v) is 1.58. The number of rotatable bonds is 8. The Morgan fingerprint density at radius 2 is 1.94 bits per heavy atom. The Hall–Kier alpha value is -1.39. The lowest BCUT2D eigenvalue weighted by atomic mass is 10.2. The summed E-state index contributed by atoms with van der Waals surface area (Å²) < 4.78 is 0. The molecule has 1 aromatic carbocycles. The van der Waals surface area contributed by atoms with Gasteiger partial charge in [0.05, 0.1) is 6.54 Å². The molecule has 0 bridgehead atoms. The van der Waals surface area contributed by atoms with E-state index in [4.69, 9.17) is 0 Å². The zero-order chi connectivity index (χ0) is 13.2. The molecule has 0 aliphatic rings. The lowest BCUT2D eigenvalue weighted by molar-refractivity contribution is -0.120. The fraction of sp³-hybridized carbons (Fsp3) is 0.500. The van der Waals surface area contributed by atoms with Crippen LogP contribution in [0.5, 0.6) is 0 Å². The van der Waals surface area contributed by atoms with Crippen molar-refractivity contribution in [3.05, 3.63) is 35.9 Å². The van der Waals surface area contributed by atoms with Crippen molar-refractivity contribution >= 4 is 5.91 Å². The molecule has 0 saturated heterocycles. The van der Waals surface area contributed by atoms with E-state index in [1.165, 1.54) is 0 Å². The van der Waals surface area contributed by atoms with E-state index in [9.17, 15) is 4.79 Å². The third kappa shape index (κ3) is 7.04. The third-order valence-electron chi connectivity index (χ3n) is 2.58. The highest BCUT2D eigenvalue weighted by Crippen LogP contribution is 1.96. The monoisotopic (exact) mass is 249 g/mol. The van der Waals surface area contributed by atoms with Gasteiger partial charge >= 0.3 is 0 Å². The van der Waals surface area contributed by atoms with Crippen LogP contribution in [0.4, 0.5) is 0 Å². The normalized spacial score (nSPS) is 10.6. The first-order valence-corrected chi connectivity index (χ1v) is 6.34. The van der Waals surface area contributed by atoms with Crippen LogP contribution < -0.4 is 10.6 Å². The summed E-state index contributed by atoms with van der Waals surface area (Å²) in [7, 11) is 4.10. The molecule has 0 saturated carbocycles. The average Bonchev–Trinajstić information content (AvgIpc) is 2.37. The third-order valence-corrected chi connectivity index (χ3v) is 2.58. The van der Waals surface area contributed by atoms with Gasteiger partial charge in [-0.1, -0.05) is 30.3 Å². The van der Waals surface area contributed by atoms with Gasteiger partial charge in [-0.05, 0) is 39.2 Å². The molecule has 0 atom stereocenters. The Morgan fingerprint density at radius 3 is 2.61 bits per heavy atom. The second-order valence-corrected chi connectivity index (χ2v) is 4.60. The average molecular weight is 249 g/mol. The lowest BCUT2D eigenvalue weighted by Gasteiger charge is -2.10. The van der Waals surface area contributed by atoms with Gasteiger partial charge in [-0.2, -0.15) is 0 Å². The van der Waals surface area contributed by atoms with Crippen LogP contribution in [0, 0.1) is 0 Å². The van der Waals surface area contributed by atoms with E-state index in [0.717, 1.165) is 25.1 Å². The van der Waals surface area contributed by atoms with Crippen molar-refractivity contribution in [2.75, 3.05) is 33.7 Å². The van der Waals surface area contributed by atoms with E-state index >= 15 is 0 Å². The predicted octanol–water partition coefficient (Wildman–Crippen LogP) is 0.844. The van der Waals surface area contributed by atoms with Crippen molar-refractivity contribution in [3.63, 3.8) is 0 Å². The van der Waals surface area contributed by atoms with E-state index in [1.54, 1.807) is 0 Å². The van der Waals surface area contributed by atoms with E-state index in [1.807, 2.05) is 44.4 Å². The quantitative estimate of drug-likeness (QED) is 0.671. The summed E-state index contributed by atoms with van der Waals surface area (Å²) in [5.41, 5.74) is 1.12. The highest BCUT2D eigenvalue weighted by atomic mass is 16.1. The lowest BCUT2D eigenvalue weighted by Crippen LogP contribution is -2.34. The number of hydrogen-bond acceptors (Lipinski definition) is 3. The summed E-state index contributed by atoms with van der Waals surface area (Å²) in [6.07, 6.45) is 1.05. The van der Waals surface area contributed by atoms with Crippen LogP contribution >= 0.6 is 0 Å². The zero-order valence-electron chi connectivity index (χ0n) is 11.3. The van der Waals surface area contributed by atoms with Crippen LogP contribution in [0.25, 0.3) is 0 Å².